The highest BCUT2D eigenvalue weighted by Crippen LogP contribution is 2.13. The molecule has 1 aliphatic heterocycles. The first kappa shape index (κ1) is 31.7. The fraction of sp³-hybridized carbons (Fsp3) is 0.480. The van der Waals surface area contributed by atoms with Gasteiger partial charge in [-0.2, -0.15) is 0 Å². The van der Waals surface area contributed by atoms with E-state index in [9.17, 15) is 33.6 Å². The van der Waals surface area contributed by atoms with E-state index in [2.05, 4.69) is 26.6 Å². The van der Waals surface area contributed by atoms with Crippen LogP contribution in [0.25, 0.3) is 0 Å². The molecule has 6 N–H and O–H groups in total. The fourth-order valence-electron chi connectivity index (χ4n) is 3.81. The van der Waals surface area contributed by atoms with Gasteiger partial charge in [-0.1, -0.05) is 44.2 Å². The van der Waals surface area contributed by atoms with Gasteiger partial charge < -0.3 is 31.5 Å². The average Bonchev–Trinajstić information content (AvgIpc) is 2.91. The maximum Gasteiger partial charge on any atom is 0.262 e. The highest BCUT2D eigenvalue weighted by Gasteiger charge is 2.34. The van der Waals surface area contributed by atoms with E-state index in [1.165, 1.54) is 11.9 Å². The highest BCUT2D eigenvalue weighted by atomic mass is 16.7. The van der Waals surface area contributed by atoms with Crippen LogP contribution in [0.4, 0.5) is 0 Å². The van der Waals surface area contributed by atoms with E-state index in [0.29, 0.717) is 0 Å². The van der Waals surface area contributed by atoms with Crippen LogP contribution in [0, 0.1) is 5.92 Å². The summed E-state index contributed by atoms with van der Waals surface area (Å²) in [4.78, 5) is 93.0. The van der Waals surface area contributed by atoms with Crippen molar-refractivity contribution in [2.24, 2.45) is 5.92 Å². The highest BCUT2D eigenvalue weighted by molar-refractivity contribution is 5.95. The lowest BCUT2D eigenvalue weighted by Crippen LogP contribution is -2.58. The lowest BCUT2D eigenvalue weighted by Gasteiger charge is -2.33. The lowest BCUT2D eigenvalue weighted by molar-refractivity contribution is -0.144. The number of amides is 7. The van der Waals surface area contributed by atoms with Gasteiger partial charge >= 0.3 is 0 Å². The van der Waals surface area contributed by atoms with Crippen LogP contribution in [-0.4, -0.2) is 98.2 Å². The Bertz CT molecular complexity index is 1100. The standard InChI is InChI=1S/C25H35N7O8/c1-15(2)23-24(38)29-13-21(36)31-40-14-22(37)28-11-19(34)26-10-18(33)27-12-20(35)30-17(25(39)32(23)3)9-16-7-5-4-6-8-16/h4-8,15,17,23H,9-14H2,1-3H3,(H,26,34)(H,27,33)(H,28,37)(H,29,38)(H,30,35)(H,31,36). The minimum absolute atomic E-state index is 0.109. The Kier molecular flexibility index (Phi) is 12.5. The molecule has 2 rings (SSSR count). The molecule has 0 bridgehead atoms. The SMILES string of the molecule is CC(C)C1C(=O)NCC(=O)NOCC(=O)NCC(=O)NCC(=O)NCC(=O)NC(Cc2ccccc2)C(=O)N1C. The molecule has 1 fully saturated rings. The first-order valence-corrected chi connectivity index (χ1v) is 12.6. The van der Waals surface area contributed by atoms with E-state index < -0.39 is 86.2 Å². The van der Waals surface area contributed by atoms with Crippen molar-refractivity contribution in [1.29, 1.82) is 0 Å². The molecule has 0 saturated carbocycles. The molecule has 0 aromatic heterocycles. The van der Waals surface area contributed by atoms with E-state index in [0.717, 1.165) is 5.56 Å². The number of nitrogens with zero attached hydrogens (tertiary/aromatic N) is 1. The van der Waals surface area contributed by atoms with Gasteiger partial charge in [-0.15, -0.1) is 0 Å². The summed E-state index contributed by atoms with van der Waals surface area (Å²) in [6, 6.07) is 6.84. The number of nitrogens with one attached hydrogen (secondary N) is 6. The molecule has 0 spiro atoms. The molecule has 218 valence electrons. The molecular weight excluding hydrogens is 526 g/mol. The van der Waals surface area contributed by atoms with Crippen molar-refractivity contribution >= 4 is 41.4 Å². The van der Waals surface area contributed by atoms with Gasteiger partial charge in [0.1, 0.15) is 12.1 Å². The molecule has 1 aromatic carbocycles. The number of hydroxylamine groups is 1. The van der Waals surface area contributed by atoms with E-state index in [1.807, 2.05) is 5.48 Å². The third-order valence-electron chi connectivity index (χ3n) is 5.73. The number of hydrogen-bond acceptors (Lipinski definition) is 8. The van der Waals surface area contributed by atoms with Crippen LogP contribution in [0.3, 0.4) is 0 Å². The summed E-state index contributed by atoms with van der Waals surface area (Å²) in [6.07, 6.45) is 0.109. The normalized spacial score (nSPS) is 21.6. The van der Waals surface area contributed by atoms with E-state index in [4.69, 9.17) is 4.84 Å². The number of likely N-dealkylation sites (N-methyl/N-ethyl adjacent to an activating group) is 1. The van der Waals surface area contributed by atoms with Crippen molar-refractivity contribution in [1.82, 2.24) is 37.0 Å². The summed E-state index contributed by atoms with van der Waals surface area (Å²) in [5, 5.41) is 11.9. The van der Waals surface area contributed by atoms with Crippen molar-refractivity contribution < 1.29 is 38.4 Å². The maximum absolute atomic E-state index is 13.6. The zero-order valence-corrected chi connectivity index (χ0v) is 22.6. The summed E-state index contributed by atoms with van der Waals surface area (Å²) < 4.78 is 0. The molecule has 40 heavy (non-hydrogen) atoms. The number of benzene rings is 1. The molecule has 0 aliphatic carbocycles. The first-order chi connectivity index (χ1) is 19.0. The average molecular weight is 562 g/mol. The van der Waals surface area contributed by atoms with E-state index in [-0.39, 0.29) is 12.3 Å². The molecule has 1 aliphatic rings. The van der Waals surface area contributed by atoms with Gasteiger partial charge in [0.05, 0.1) is 26.2 Å². The monoisotopic (exact) mass is 561 g/mol. The Morgan fingerprint density at radius 1 is 0.775 bits per heavy atom. The largest absolute Gasteiger partial charge is 0.346 e. The summed E-state index contributed by atoms with van der Waals surface area (Å²) in [5.41, 5.74) is 2.74. The second kappa shape index (κ2) is 15.8. The van der Waals surface area contributed by atoms with E-state index in [1.54, 1.807) is 44.2 Å². The minimum atomic E-state index is -1.08. The van der Waals surface area contributed by atoms with Crippen molar-refractivity contribution in [3.05, 3.63) is 35.9 Å². The van der Waals surface area contributed by atoms with Gasteiger partial charge in [0, 0.05) is 13.5 Å². The Hall–Kier alpha value is -4.53. The molecule has 1 aromatic rings. The summed E-state index contributed by atoms with van der Waals surface area (Å²) in [5.74, 6) is -5.08. The van der Waals surface area contributed by atoms with E-state index >= 15 is 0 Å². The molecule has 7 amide bonds. The van der Waals surface area contributed by atoms with Gasteiger partial charge in [-0.3, -0.25) is 38.4 Å². The van der Waals surface area contributed by atoms with Crippen LogP contribution in [0.5, 0.6) is 0 Å². The van der Waals surface area contributed by atoms with Crippen LogP contribution in [0.2, 0.25) is 0 Å². The zero-order valence-electron chi connectivity index (χ0n) is 22.6. The number of hydrogen-bond donors (Lipinski definition) is 6. The van der Waals surface area contributed by atoms with Gasteiger partial charge in [-0.25, -0.2) is 5.48 Å². The van der Waals surface area contributed by atoms with Crippen molar-refractivity contribution in [3.8, 4) is 0 Å². The van der Waals surface area contributed by atoms with Gasteiger partial charge in [0.2, 0.25) is 35.4 Å². The lowest BCUT2D eigenvalue weighted by atomic mass is 9.99. The smallest absolute Gasteiger partial charge is 0.262 e. The van der Waals surface area contributed by atoms with Gasteiger partial charge in [0.25, 0.3) is 5.91 Å². The van der Waals surface area contributed by atoms with Crippen LogP contribution < -0.4 is 32.1 Å². The summed E-state index contributed by atoms with van der Waals surface area (Å²) >= 11 is 0. The third-order valence-corrected chi connectivity index (χ3v) is 5.73. The Morgan fingerprint density at radius 3 is 1.93 bits per heavy atom. The predicted octanol–water partition coefficient (Wildman–Crippen LogP) is -3.28. The zero-order chi connectivity index (χ0) is 29.7. The quantitative estimate of drug-likeness (QED) is 0.220. The molecule has 2 unspecified atom stereocenters. The number of carbonyl (C=O) groups excluding carboxylic acids is 7. The Balaban J connectivity index is 2.25. The van der Waals surface area contributed by atoms with Crippen molar-refractivity contribution in [2.75, 3.05) is 39.8 Å². The van der Waals surface area contributed by atoms with Crippen LogP contribution in [0.15, 0.2) is 30.3 Å². The Morgan fingerprint density at radius 2 is 1.32 bits per heavy atom. The van der Waals surface area contributed by atoms with Crippen LogP contribution in [-0.2, 0) is 44.8 Å². The molecule has 0 radical (unpaired) electrons. The molecule has 15 heteroatoms. The number of rotatable bonds is 3. The van der Waals surface area contributed by atoms with Crippen LogP contribution in [0.1, 0.15) is 19.4 Å². The van der Waals surface area contributed by atoms with Gasteiger partial charge in [0.15, 0.2) is 6.61 Å². The molecule has 1 heterocycles. The molecule has 2 atom stereocenters. The summed E-state index contributed by atoms with van der Waals surface area (Å²) in [6.45, 7) is 0.920. The van der Waals surface area contributed by atoms with Crippen molar-refractivity contribution in [2.45, 2.75) is 32.4 Å². The second-order valence-corrected chi connectivity index (χ2v) is 9.31. The number of carbonyl (C=O) groups is 7. The summed E-state index contributed by atoms with van der Waals surface area (Å²) in [7, 11) is 1.42. The van der Waals surface area contributed by atoms with Gasteiger partial charge in [-0.05, 0) is 11.5 Å². The second-order valence-electron chi connectivity index (χ2n) is 9.31. The molecule has 1 saturated heterocycles. The Labute approximate surface area is 231 Å². The van der Waals surface area contributed by atoms with Crippen LogP contribution >= 0.6 is 0 Å². The third kappa shape index (κ3) is 10.7. The molecular formula is C25H35N7O8. The fourth-order valence-corrected chi connectivity index (χ4v) is 3.81. The first-order valence-electron chi connectivity index (χ1n) is 12.6. The topological polar surface area (TPSA) is 204 Å². The molecule has 15 nitrogen and oxygen atoms in total. The van der Waals surface area contributed by atoms with Crippen molar-refractivity contribution in [3.63, 3.8) is 0 Å². The minimum Gasteiger partial charge on any atom is -0.346 e. The maximum atomic E-state index is 13.6. The predicted molar refractivity (Wildman–Crippen MR) is 140 cm³/mol.